The number of carbonyl (C=O) groups is 1. The average Bonchev–Trinajstić information content (AvgIpc) is 2.37. The van der Waals surface area contributed by atoms with Crippen molar-refractivity contribution < 1.29 is 18.0 Å². The minimum Gasteiger partial charge on any atom is -0.365 e. The van der Waals surface area contributed by atoms with Crippen LogP contribution >= 0.6 is 0 Å². The Labute approximate surface area is 111 Å². The Bertz CT molecular complexity index is 706. The number of aromatic nitrogens is 1. The molecule has 4 nitrogen and oxygen atoms in total. The van der Waals surface area contributed by atoms with Crippen molar-refractivity contribution in [2.45, 2.75) is 6.18 Å². The largest absolute Gasteiger partial charge is 0.417 e. The van der Waals surface area contributed by atoms with Crippen molar-refractivity contribution in [2.24, 2.45) is 5.73 Å². The molecule has 0 saturated heterocycles. The highest BCUT2D eigenvalue weighted by Gasteiger charge is 2.36. The molecule has 0 saturated carbocycles. The Morgan fingerprint density at radius 2 is 1.70 bits per heavy atom. The molecule has 7 heteroatoms. The molecular weight excluding hydrogens is 273 g/mol. The van der Waals surface area contributed by atoms with Gasteiger partial charge in [0.15, 0.2) is 0 Å². The van der Waals surface area contributed by atoms with Crippen LogP contribution in [-0.4, -0.2) is 10.5 Å². The Hall–Kier alpha value is -2.57. The number of para-hydroxylation sites is 1. The van der Waals surface area contributed by atoms with E-state index >= 15 is 0 Å². The Kier molecular flexibility index (Phi) is 3.35. The van der Waals surface area contributed by atoms with E-state index in [1.165, 1.54) is 12.1 Å². The van der Waals surface area contributed by atoms with Gasteiger partial charge in [0.25, 0.3) is 11.5 Å². The molecule has 1 amide bonds. The van der Waals surface area contributed by atoms with Crippen molar-refractivity contribution in [3.63, 3.8) is 0 Å². The van der Waals surface area contributed by atoms with Crippen molar-refractivity contribution in [3.8, 4) is 5.69 Å². The summed E-state index contributed by atoms with van der Waals surface area (Å²) < 4.78 is 39.2. The van der Waals surface area contributed by atoms with Crippen molar-refractivity contribution in [1.82, 2.24) is 4.57 Å². The van der Waals surface area contributed by atoms with E-state index in [1.54, 1.807) is 18.2 Å². The van der Waals surface area contributed by atoms with Gasteiger partial charge in [0, 0.05) is 11.9 Å². The van der Waals surface area contributed by atoms with Gasteiger partial charge in [0.05, 0.1) is 5.56 Å². The minimum atomic E-state index is -4.82. The lowest BCUT2D eigenvalue weighted by atomic mass is 10.1. The van der Waals surface area contributed by atoms with Crippen LogP contribution in [0.2, 0.25) is 0 Å². The van der Waals surface area contributed by atoms with Gasteiger partial charge in [-0.15, -0.1) is 0 Å². The zero-order valence-corrected chi connectivity index (χ0v) is 10.0. The summed E-state index contributed by atoms with van der Waals surface area (Å²) in [6, 6.07) is 8.63. The number of benzene rings is 1. The standard InChI is InChI=1S/C13H9F3N2O2/c14-13(15,16)9-6-7-18(8-4-2-1-3-5-8)12(20)10(9)11(17)19/h1-7H,(H2,17,19). The van der Waals surface area contributed by atoms with Gasteiger partial charge >= 0.3 is 6.18 Å². The number of rotatable bonds is 2. The molecule has 0 aliphatic rings. The molecule has 1 aromatic carbocycles. The van der Waals surface area contributed by atoms with Crippen molar-refractivity contribution in [2.75, 3.05) is 0 Å². The summed E-state index contributed by atoms with van der Waals surface area (Å²) in [5, 5.41) is 0. The second-order valence-corrected chi connectivity index (χ2v) is 3.98. The monoisotopic (exact) mass is 282 g/mol. The fraction of sp³-hybridized carbons (Fsp3) is 0.0769. The summed E-state index contributed by atoms with van der Waals surface area (Å²) in [5.41, 5.74) is 1.75. The molecule has 0 spiro atoms. The van der Waals surface area contributed by atoms with Crippen LogP contribution in [-0.2, 0) is 6.18 Å². The molecule has 20 heavy (non-hydrogen) atoms. The zero-order chi connectivity index (χ0) is 14.9. The number of alkyl halides is 3. The lowest BCUT2D eigenvalue weighted by Gasteiger charge is -2.13. The molecule has 0 radical (unpaired) electrons. The smallest absolute Gasteiger partial charge is 0.365 e. The van der Waals surface area contributed by atoms with E-state index in [-0.39, 0.29) is 0 Å². The third-order valence-corrected chi connectivity index (χ3v) is 2.68. The average molecular weight is 282 g/mol. The van der Waals surface area contributed by atoms with E-state index in [4.69, 9.17) is 5.73 Å². The summed E-state index contributed by atoms with van der Waals surface area (Å²) in [4.78, 5) is 23.2. The molecule has 0 atom stereocenters. The van der Waals surface area contributed by atoms with Gasteiger partial charge in [-0.3, -0.25) is 14.2 Å². The minimum absolute atomic E-state index is 0.341. The fourth-order valence-corrected chi connectivity index (χ4v) is 1.80. The molecule has 0 fully saturated rings. The third-order valence-electron chi connectivity index (χ3n) is 2.68. The number of nitrogens with zero attached hydrogens (tertiary/aromatic N) is 1. The van der Waals surface area contributed by atoms with Gasteiger partial charge in [-0.2, -0.15) is 13.2 Å². The van der Waals surface area contributed by atoms with Gasteiger partial charge < -0.3 is 5.73 Å². The molecule has 2 rings (SSSR count). The summed E-state index contributed by atoms with van der Waals surface area (Å²) in [6.07, 6.45) is -3.85. The maximum Gasteiger partial charge on any atom is 0.417 e. The van der Waals surface area contributed by atoms with Crippen molar-refractivity contribution in [1.29, 1.82) is 0 Å². The lowest BCUT2D eigenvalue weighted by Crippen LogP contribution is -2.32. The third kappa shape index (κ3) is 2.42. The molecule has 2 aromatic rings. The molecule has 0 aliphatic heterocycles. The van der Waals surface area contributed by atoms with Crippen LogP contribution in [0.15, 0.2) is 47.4 Å². The van der Waals surface area contributed by atoms with E-state index < -0.39 is 28.8 Å². The molecule has 104 valence electrons. The predicted octanol–water partition coefficient (Wildman–Crippen LogP) is 1.96. The Morgan fingerprint density at radius 1 is 1.10 bits per heavy atom. The first kappa shape index (κ1) is 13.9. The molecule has 0 bridgehead atoms. The van der Waals surface area contributed by atoms with E-state index in [9.17, 15) is 22.8 Å². The van der Waals surface area contributed by atoms with Crippen LogP contribution in [0.5, 0.6) is 0 Å². The van der Waals surface area contributed by atoms with E-state index in [2.05, 4.69) is 0 Å². The van der Waals surface area contributed by atoms with Gasteiger partial charge in [0.1, 0.15) is 5.56 Å². The van der Waals surface area contributed by atoms with E-state index in [0.717, 1.165) is 10.8 Å². The Balaban J connectivity index is 2.75. The topological polar surface area (TPSA) is 65.1 Å². The number of hydrogen-bond donors (Lipinski definition) is 1. The highest BCUT2D eigenvalue weighted by Crippen LogP contribution is 2.30. The van der Waals surface area contributed by atoms with E-state index in [1.807, 2.05) is 0 Å². The molecule has 0 aliphatic carbocycles. The molecule has 0 unspecified atom stereocenters. The summed E-state index contributed by atoms with van der Waals surface area (Å²) in [6.45, 7) is 0. The first-order valence-electron chi connectivity index (χ1n) is 5.50. The molecule has 1 aromatic heterocycles. The van der Waals surface area contributed by atoms with Gasteiger partial charge in [-0.25, -0.2) is 0 Å². The van der Waals surface area contributed by atoms with E-state index in [0.29, 0.717) is 11.8 Å². The number of primary amides is 1. The predicted molar refractivity (Wildman–Crippen MR) is 65.6 cm³/mol. The maximum atomic E-state index is 12.8. The number of carbonyl (C=O) groups excluding carboxylic acids is 1. The molecule has 1 heterocycles. The van der Waals surface area contributed by atoms with Gasteiger partial charge in [-0.1, -0.05) is 18.2 Å². The highest BCUT2D eigenvalue weighted by molar-refractivity contribution is 5.94. The Morgan fingerprint density at radius 3 is 2.20 bits per heavy atom. The van der Waals surface area contributed by atoms with Crippen molar-refractivity contribution in [3.05, 3.63) is 64.1 Å². The highest BCUT2D eigenvalue weighted by atomic mass is 19.4. The first-order chi connectivity index (χ1) is 9.32. The number of nitrogens with two attached hydrogens (primary N) is 1. The quantitative estimate of drug-likeness (QED) is 0.915. The number of hydrogen-bond acceptors (Lipinski definition) is 2. The summed E-state index contributed by atoms with van der Waals surface area (Å²) in [7, 11) is 0. The molecular formula is C13H9F3N2O2. The van der Waals surface area contributed by atoms with Gasteiger partial charge in [0.2, 0.25) is 0 Å². The normalized spacial score (nSPS) is 11.3. The zero-order valence-electron chi connectivity index (χ0n) is 10.0. The van der Waals surface area contributed by atoms with Crippen LogP contribution in [0.1, 0.15) is 15.9 Å². The first-order valence-corrected chi connectivity index (χ1v) is 5.50. The fourth-order valence-electron chi connectivity index (χ4n) is 1.80. The maximum absolute atomic E-state index is 12.8. The lowest BCUT2D eigenvalue weighted by molar-refractivity contribution is -0.138. The van der Waals surface area contributed by atoms with Crippen LogP contribution in [0, 0.1) is 0 Å². The van der Waals surface area contributed by atoms with Gasteiger partial charge in [-0.05, 0) is 18.2 Å². The SMILES string of the molecule is NC(=O)c1c(C(F)(F)F)ccn(-c2ccccc2)c1=O. The second kappa shape index (κ2) is 4.84. The number of halogens is 3. The summed E-state index contributed by atoms with van der Waals surface area (Å²) in [5.74, 6) is -1.41. The van der Waals surface area contributed by atoms with Crippen molar-refractivity contribution >= 4 is 5.91 Å². The van der Waals surface area contributed by atoms with Crippen LogP contribution < -0.4 is 11.3 Å². The van der Waals surface area contributed by atoms with Crippen LogP contribution in [0.25, 0.3) is 5.69 Å². The number of pyridine rings is 1. The van der Waals surface area contributed by atoms with Crippen LogP contribution in [0.3, 0.4) is 0 Å². The second-order valence-electron chi connectivity index (χ2n) is 3.98. The summed E-state index contributed by atoms with van der Waals surface area (Å²) >= 11 is 0. The van der Waals surface area contributed by atoms with Crippen LogP contribution in [0.4, 0.5) is 13.2 Å². The molecule has 2 N–H and O–H groups in total. The number of amides is 1.